The normalized spacial score (nSPS) is 11.8. The van der Waals surface area contributed by atoms with Crippen LogP contribution in [-0.4, -0.2) is 15.7 Å². The van der Waals surface area contributed by atoms with Crippen molar-refractivity contribution >= 4 is 28.4 Å². The van der Waals surface area contributed by atoms with E-state index in [4.69, 9.17) is 17.4 Å². The number of hydrazine groups is 1. The zero-order valence-electron chi connectivity index (χ0n) is 12.9. The van der Waals surface area contributed by atoms with Crippen LogP contribution >= 0.6 is 11.6 Å². The van der Waals surface area contributed by atoms with Crippen molar-refractivity contribution in [1.29, 1.82) is 0 Å². The first kappa shape index (κ1) is 18.2. The average molecular weight is 387 g/mol. The van der Waals surface area contributed by atoms with Crippen LogP contribution in [0, 0.1) is 5.82 Å². The highest BCUT2D eigenvalue weighted by atomic mass is 35.5. The fourth-order valence-electron chi connectivity index (χ4n) is 2.52. The Morgan fingerprint density at radius 2 is 1.96 bits per heavy atom. The predicted octanol–water partition coefficient (Wildman–Crippen LogP) is 3.50. The molecule has 0 fully saturated rings. The van der Waals surface area contributed by atoms with E-state index < -0.39 is 23.5 Å². The van der Waals surface area contributed by atoms with Crippen molar-refractivity contribution in [2.75, 3.05) is 0 Å². The van der Waals surface area contributed by atoms with Gasteiger partial charge in [0.2, 0.25) is 0 Å². The first-order chi connectivity index (χ1) is 12.2. The molecule has 0 unspecified atom stereocenters. The fourth-order valence-corrected chi connectivity index (χ4v) is 2.68. The van der Waals surface area contributed by atoms with Gasteiger partial charge in [0, 0.05) is 16.0 Å². The van der Waals surface area contributed by atoms with Crippen LogP contribution in [0.5, 0.6) is 0 Å². The maximum absolute atomic E-state index is 14.0. The number of nitrogens with two attached hydrogens (primary N) is 1. The van der Waals surface area contributed by atoms with Crippen LogP contribution in [0.15, 0.2) is 36.4 Å². The summed E-state index contributed by atoms with van der Waals surface area (Å²) in [5, 5.41) is 4.34. The summed E-state index contributed by atoms with van der Waals surface area (Å²) in [4.78, 5) is 11.9. The molecule has 5 nitrogen and oxygen atoms in total. The van der Waals surface area contributed by atoms with E-state index in [0.717, 1.165) is 28.9 Å². The number of nitrogens with one attached hydrogen (secondary N) is 1. The van der Waals surface area contributed by atoms with Gasteiger partial charge in [-0.15, -0.1) is 0 Å². The van der Waals surface area contributed by atoms with Gasteiger partial charge >= 0.3 is 6.18 Å². The van der Waals surface area contributed by atoms with Crippen LogP contribution in [-0.2, 0) is 12.7 Å². The second-order valence-corrected chi connectivity index (χ2v) is 5.88. The van der Waals surface area contributed by atoms with Gasteiger partial charge in [-0.3, -0.25) is 14.9 Å². The van der Waals surface area contributed by atoms with Crippen LogP contribution in [0.4, 0.5) is 17.6 Å². The van der Waals surface area contributed by atoms with E-state index in [1.54, 1.807) is 0 Å². The summed E-state index contributed by atoms with van der Waals surface area (Å²) in [5.74, 6) is 3.68. The Kier molecular flexibility index (Phi) is 4.59. The molecule has 3 rings (SSSR count). The molecule has 10 heteroatoms. The number of hydrogen-bond acceptors (Lipinski definition) is 3. The number of fused-ring (bicyclic) bond motifs is 1. The number of hydrogen-bond donors (Lipinski definition) is 2. The smallest absolute Gasteiger partial charge is 0.289 e. The summed E-state index contributed by atoms with van der Waals surface area (Å²) in [6, 6.07) is 6.73. The third-order valence-corrected chi connectivity index (χ3v) is 4.00. The molecule has 1 amide bonds. The summed E-state index contributed by atoms with van der Waals surface area (Å²) >= 11 is 5.70. The fraction of sp³-hybridized carbons (Fsp3) is 0.125. The second kappa shape index (κ2) is 6.58. The standard InChI is InChI=1S/C16H11ClF4N4O/c17-10-3-1-8(12(18)6-10)7-25-13-5-9(16(19,20)21)2-4-11(13)14(24-25)15(26)23-22/h1-6H,7,22H2,(H,23,26). The molecule has 1 aromatic heterocycles. The molecule has 0 aliphatic carbocycles. The Morgan fingerprint density at radius 3 is 2.58 bits per heavy atom. The van der Waals surface area contributed by atoms with Crippen molar-refractivity contribution in [1.82, 2.24) is 15.2 Å². The molecule has 3 aromatic rings. The number of amides is 1. The van der Waals surface area contributed by atoms with Crippen LogP contribution < -0.4 is 11.3 Å². The number of alkyl halides is 3. The van der Waals surface area contributed by atoms with Crippen molar-refractivity contribution in [2.45, 2.75) is 12.7 Å². The Morgan fingerprint density at radius 1 is 1.23 bits per heavy atom. The second-order valence-electron chi connectivity index (χ2n) is 5.45. The number of carbonyl (C=O) groups excluding carboxylic acids is 1. The minimum Gasteiger partial charge on any atom is -0.289 e. The molecule has 0 bridgehead atoms. The number of nitrogens with zero attached hydrogens (tertiary/aromatic N) is 2. The Hall–Kier alpha value is -2.65. The van der Waals surface area contributed by atoms with Gasteiger partial charge in [0.1, 0.15) is 5.82 Å². The maximum Gasteiger partial charge on any atom is 0.416 e. The van der Waals surface area contributed by atoms with Crippen LogP contribution in [0.1, 0.15) is 21.6 Å². The maximum atomic E-state index is 14.0. The van der Waals surface area contributed by atoms with E-state index in [1.807, 2.05) is 5.43 Å². The van der Waals surface area contributed by atoms with Crippen LogP contribution in [0.3, 0.4) is 0 Å². The monoisotopic (exact) mass is 386 g/mol. The van der Waals surface area contributed by atoms with E-state index in [2.05, 4.69) is 5.10 Å². The Balaban J connectivity index is 2.17. The summed E-state index contributed by atoms with van der Waals surface area (Å²) in [7, 11) is 0. The zero-order valence-corrected chi connectivity index (χ0v) is 13.7. The first-order valence-electron chi connectivity index (χ1n) is 7.23. The topological polar surface area (TPSA) is 72.9 Å². The van der Waals surface area contributed by atoms with E-state index in [9.17, 15) is 22.4 Å². The van der Waals surface area contributed by atoms with Crippen molar-refractivity contribution in [2.24, 2.45) is 5.84 Å². The number of halogens is 5. The van der Waals surface area contributed by atoms with Gasteiger partial charge < -0.3 is 0 Å². The number of aromatic nitrogens is 2. The highest BCUT2D eigenvalue weighted by Crippen LogP contribution is 2.32. The molecule has 0 atom stereocenters. The van der Waals surface area contributed by atoms with Gasteiger partial charge in [-0.1, -0.05) is 17.7 Å². The lowest BCUT2D eigenvalue weighted by Crippen LogP contribution is -2.30. The number of benzene rings is 2. The molecule has 0 radical (unpaired) electrons. The molecule has 0 aliphatic heterocycles. The molecular weight excluding hydrogens is 376 g/mol. The summed E-state index contributed by atoms with van der Waals surface area (Å²) < 4.78 is 54.2. The lowest BCUT2D eigenvalue weighted by molar-refractivity contribution is -0.137. The molecule has 0 aliphatic rings. The summed E-state index contributed by atoms with van der Waals surface area (Å²) in [6.07, 6.45) is -4.58. The van der Waals surface area contributed by atoms with Gasteiger partial charge in [0.15, 0.2) is 5.69 Å². The SMILES string of the molecule is NNC(=O)c1nn(Cc2ccc(Cl)cc2F)c2cc(C(F)(F)F)ccc12. The van der Waals surface area contributed by atoms with E-state index in [1.165, 1.54) is 12.1 Å². The van der Waals surface area contributed by atoms with Gasteiger partial charge in [-0.2, -0.15) is 18.3 Å². The largest absolute Gasteiger partial charge is 0.416 e. The number of nitrogen functional groups attached to an aromatic ring is 1. The third kappa shape index (κ3) is 3.35. The Bertz CT molecular complexity index is 1000. The molecule has 136 valence electrons. The van der Waals surface area contributed by atoms with E-state index in [0.29, 0.717) is 0 Å². The van der Waals surface area contributed by atoms with Gasteiger partial charge in [-0.05, 0) is 30.3 Å². The predicted molar refractivity (Wildman–Crippen MR) is 86.9 cm³/mol. The molecule has 2 aromatic carbocycles. The van der Waals surface area contributed by atoms with Crippen molar-refractivity contribution in [3.8, 4) is 0 Å². The van der Waals surface area contributed by atoms with E-state index in [-0.39, 0.29) is 33.7 Å². The quantitative estimate of drug-likeness (QED) is 0.313. The van der Waals surface area contributed by atoms with Crippen LogP contribution in [0.25, 0.3) is 10.9 Å². The molecule has 3 N–H and O–H groups in total. The van der Waals surface area contributed by atoms with Gasteiger partial charge in [0.05, 0.1) is 17.6 Å². The van der Waals surface area contributed by atoms with Crippen LogP contribution in [0.2, 0.25) is 5.02 Å². The summed E-state index contributed by atoms with van der Waals surface area (Å²) in [5.41, 5.74) is 0.980. The average Bonchev–Trinajstić information content (AvgIpc) is 2.94. The number of carbonyl (C=O) groups is 1. The minimum atomic E-state index is -4.58. The molecule has 0 saturated carbocycles. The lowest BCUT2D eigenvalue weighted by Gasteiger charge is -2.09. The number of rotatable bonds is 3. The molecular formula is C16H11ClF4N4O. The molecule has 26 heavy (non-hydrogen) atoms. The first-order valence-corrected chi connectivity index (χ1v) is 7.61. The lowest BCUT2D eigenvalue weighted by atomic mass is 10.1. The zero-order chi connectivity index (χ0) is 19.1. The Labute approximate surface area is 149 Å². The molecule has 0 spiro atoms. The molecule has 0 saturated heterocycles. The van der Waals surface area contributed by atoms with Crippen molar-refractivity contribution in [3.63, 3.8) is 0 Å². The summed E-state index contributed by atoms with van der Waals surface area (Å²) in [6.45, 7) is -0.196. The van der Waals surface area contributed by atoms with Gasteiger partial charge in [-0.25, -0.2) is 10.2 Å². The van der Waals surface area contributed by atoms with Crippen molar-refractivity contribution < 1.29 is 22.4 Å². The minimum absolute atomic E-state index is 0.0211. The van der Waals surface area contributed by atoms with Crippen molar-refractivity contribution in [3.05, 3.63) is 64.1 Å². The van der Waals surface area contributed by atoms with Gasteiger partial charge in [0.25, 0.3) is 5.91 Å². The highest BCUT2D eigenvalue weighted by Gasteiger charge is 2.31. The molecule has 1 heterocycles. The third-order valence-electron chi connectivity index (χ3n) is 3.76. The van der Waals surface area contributed by atoms with E-state index >= 15 is 0 Å². The highest BCUT2D eigenvalue weighted by molar-refractivity contribution is 6.30.